The van der Waals surface area contributed by atoms with E-state index in [0.717, 1.165) is 17.0 Å². The summed E-state index contributed by atoms with van der Waals surface area (Å²) >= 11 is 3.47. The number of benzene rings is 1. The number of guanidine groups is 1. The van der Waals surface area contributed by atoms with Gasteiger partial charge < -0.3 is 15.5 Å². The van der Waals surface area contributed by atoms with Crippen molar-refractivity contribution in [2.24, 2.45) is 4.99 Å². The van der Waals surface area contributed by atoms with Crippen LogP contribution in [0.25, 0.3) is 0 Å². The van der Waals surface area contributed by atoms with Gasteiger partial charge >= 0.3 is 0 Å². The first kappa shape index (κ1) is 21.7. The number of aliphatic imine (C=N–C) groups is 1. The fraction of sp³-hybridized carbons (Fsp3) is 0.611. The third kappa shape index (κ3) is 7.27. The van der Waals surface area contributed by atoms with Crippen LogP contribution in [-0.4, -0.2) is 42.6 Å². The van der Waals surface area contributed by atoms with Gasteiger partial charge in [0.25, 0.3) is 0 Å². The van der Waals surface area contributed by atoms with E-state index in [1.165, 1.54) is 31.5 Å². The lowest BCUT2D eigenvalue weighted by Gasteiger charge is -2.35. The number of hydrogen-bond donors (Lipinski definition) is 2. The van der Waals surface area contributed by atoms with Crippen LogP contribution < -0.4 is 10.6 Å². The highest BCUT2D eigenvalue weighted by Crippen LogP contribution is 2.13. The minimum Gasteiger partial charge on any atom is -0.357 e. The molecule has 24 heavy (non-hydrogen) atoms. The molecule has 1 aromatic carbocycles. The average Bonchev–Trinajstić information content (AvgIpc) is 2.55. The highest BCUT2D eigenvalue weighted by Gasteiger charge is 2.21. The van der Waals surface area contributed by atoms with Gasteiger partial charge in [-0.05, 0) is 51.3 Å². The zero-order chi connectivity index (χ0) is 16.7. The summed E-state index contributed by atoms with van der Waals surface area (Å²) in [5.74, 6) is 0.929. The second kappa shape index (κ2) is 11.3. The third-order valence-corrected chi connectivity index (χ3v) is 4.81. The maximum atomic E-state index is 4.73. The quantitative estimate of drug-likeness (QED) is 0.359. The number of piperidine rings is 1. The Morgan fingerprint density at radius 3 is 2.42 bits per heavy atom. The minimum absolute atomic E-state index is 0. The highest BCUT2D eigenvalue weighted by molar-refractivity contribution is 14.0. The van der Waals surface area contributed by atoms with Crippen LogP contribution in [0.2, 0.25) is 0 Å². The monoisotopic (exact) mass is 508 g/mol. The molecule has 2 rings (SSSR count). The van der Waals surface area contributed by atoms with Gasteiger partial charge in [0.1, 0.15) is 0 Å². The molecule has 0 amide bonds. The predicted molar refractivity (Wildman–Crippen MR) is 117 cm³/mol. The Bertz CT molecular complexity index is 496. The minimum atomic E-state index is 0. The number of likely N-dealkylation sites (tertiary alicyclic amines) is 1. The van der Waals surface area contributed by atoms with E-state index in [4.69, 9.17) is 4.99 Å². The van der Waals surface area contributed by atoms with Crippen LogP contribution in [0.3, 0.4) is 0 Å². The molecule has 0 aliphatic carbocycles. The van der Waals surface area contributed by atoms with Crippen molar-refractivity contribution in [3.8, 4) is 0 Å². The van der Waals surface area contributed by atoms with Gasteiger partial charge in [-0.1, -0.05) is 28.1 Å². The van der Waals surface area contributed by atoms with Crippen LogP contribution in [0.5, 0.6) is 0 Å². The predicted octanol–water partition coefficient (Wildman–Crippen LogP) is 4.00. The topological polar surface area (TPSA) is 39.7 Å². The van der Waals surface area contributed by atoms with Crippen molar-refractivity contribution < 1.29 is 0 Å². The molecule has 1 aliphatic rings. The molecule has 0 radical (unpaired) electrons. The average molecular weight is 509 g/mol. The maximum absolute atomic E-state index is 4.73. The molecule has 136 valence electrons. The largest absolute Gasteiger partial charge is 0.357 e. The first-order valence-corrected chi connectivity index (χ1v) is 9.41. The summed E-state index contributed by atoms with van der Waals surface area (Å²) in [4.78, 5) is 7.27. The van der Waals surface area contributed by atoms with E-state index in [-0.39, 0.29) is 24.0 Å². The van der Waals surface area contributed by atoms with Crippen molar-refractivity contribution >= 4 is 45.9 Å². The van der Waals surface area contributed by atoms with Crippen LogP contribution in [0.15, 0.2) is 33.7 Å². The Kier molecular flexibility index (Phi) is 10.2. The second-order valence-electron chi connectivity index (χ2n) is 6.37. The Morgan fingerprint density at radius 2 is 1.88 bits per heavy atom. The van der Waals surface area contributed by atoms with Gasteiger partial charge in [0.2, 0.25) is 0 Å². The van der Waals surface area contributed by atoms with Gasteiger partial charge in [0, 0.05) is 36.2 Å². The van der Waals surface area contributed by atoms with Gasteiger partial charge in [-0.25, -0.2) is 4.99 Å². The Balaban J connectivity index is 0.00000288. The first-order valence-electron chi connectivity index (χ1n) is 8.61. The van der Waals surface area contributed by atoms with Crippen LogP contribution in [-0.2, 0) is 6.54 Å². The summed E-state index contributed by atoms with van der Waals surface area (Å²) in [6.45, 7) is 10.6. The molecule has 1 aromatic rings. The van der Waals surface area contributed by atoms with Gasteiger partial charge in [0.05, 0.1) is 6.54 Å². The van der Waals surface area contributed by atoms with Gasteiger partial charge in [-0.3, -0.25) is 0 Å². The summed E-state index contributed by atoms with van der Waals surface area (Å²) in [6, 6.07) is 9.51. The molecule has 6 heteroatoms. The molecule has 1 fully saturated rings. The van der Waals surface area contributed by atoms with E-state index in [1.807, 2.05) is 0 Å². The number of hydrogen-bond acceptors (Lipinski definition) is 2. The fourth-order valence-electron chi connectivity index (χ4n) is 2.83. The molecular formula is C18H30BrIN4. The number of nitrogens with zero attached hydrogens (tertiary/aromatic N) is 2. The highest BCUT2D eigenvalue weighted by atomic mass is 127. The van der Waals surface area contributed by atoms with E-state index < -0.39 is 0 Å². The van der Waals surface area contributed by atoms with Crippen molar-refractivity contribution in [2.75, 3.05) is 19.6 Å². The molecule has 1 saturated heterocycles. The van der Waals surface area contributed by atoms with Gasteiger partial charge in [0.15, 0.2) is 5.96 Å². The first-order chi connectivity index (χ1) is 11.1. The fourth-order valence-corrected chi connectivity index (χ4v) is 3.10. The zero-order valence-electron chi connectivity index (χ0n) is 14.9. The van der Waals surface area contributed by atoms with E-state index in [9.17, 15) is 0 Å². The Morgan fingerprint density at radius 1 is 1.25 bits per heavy atom. The normalized spacial score (nSPS) is 16.8. The number of halogens is 2. The van der Waals surface area contributed by atoms with Crippen molar-refractivity contribution in [3.63, 3.8) is 0 Å². The van der Waals surface area contributed by atoms with Crippen molar-refractivity contribution in [1.29, 1.82) is 0 Å². The molecule has 1 aliphatic heterocycles. The van der Waals surface area contributed by atoms with E-state index in [2.05, 4.69) is 76.5 Å². The van der Waals surface area contributed by atoms with Crippen LogP contribution in [0, 0.1) is 0 Å². The Hall–Kier alpha value is -0.340. The van der Waals surface area contributed by atoms with Crippen molar-refractivity contribution in [3.05, 3.63) is 34.3 Å². The number of nitrogens with one attached hydrogen (secondary N) is 2. The summed E-state index contributed by atoms with van der Waals surface area (Å²) < 4.78 is 1.10. The zero-order valence-corrected chi connectivity index (χ0v) is 18.8. The van der Waals surface area contributed by atoms with Crippen LogP contribution in [0.1, 0.15) is 39.2 Å². The van der Waals surface area contributed by atoms with Gasteiger partial charge in [-0.15, -0.1) is 24.0 Å². The van der Waals surface area contributed by atoms with E-state index in [1.54, 1.807) is 0 Å². The second-order valence-corrected chi connectivity index (χ2v) is 7.29. The summed E-state index contributed by atoms with van der Waals surface area (Å²) in [7, 11) is 0. The molecular weight excluding hydrogens is 479 g/mol. The molecule has 0 unspecified atom stereocenters. The van der Waals surface area contributed by atoms with Crippen molar-refractivity contribution in [2.45, 2.75) is 52.2 Å². The van der Waals surface area contributed by atoms with Crippen molar-refractivity contribution in [1.82, 2.24) is 15.5 Å². The lowest BCUT2D eigenvalue weighted by atomic mass is 10.0. The van der Waals surface area contributed by atoms with E-state index >= 15 is 0 Å². The van der Waals surface area contributed by atoms with Crippen LogP contribution >= 0.6 is 39.9 Å². The maximum Gasteiger partial charge on any atom is 0.191 e. The molecule has 0 bridgehead atoms. The van der Waals surface area contributed by atoms with Gasteiger partial charge in [-0.2, -0.15) is 0 Å². The summed E-state index contributed by atoms with van der Waals surface area (Å²) in [5, 5.41) is 6.96. The molecule has 0 aromatic heterocycles. The Labute approximate surface area is 172 Å². The molecule has 4 nitrogen and oxygen atoms in total. The molecule has 0 atom stereocenters. The van der Waals surface area contributed by atoms with Crippen LogP contribution in [0.4, 0.5) is 0 Å². The summed E-state index contributed by atoms with van der Waals surface area (Å²) in [6.07, 6.45) is 2.36. The summed E-state index contributed by atoms with van der Waals surface area (Å²) in [5.41, 5.74) is 1.22. The molecule has 0 spiro atoms. The molecule has 2 N–H and O–H groups in total. The lowest BCUT2D eigenvalue weighted by Crippen LogP contribution is -2.49. The smallest absolute Gasteiger partial charge is 0.191 e. The van der Waals surface area contributed by atoms with E-state index in [0.29, 0.717) is 18.6 Å². The SMILES string of the molecule is CCNC(=NCc1ccc(Br)cc1)NC1CCN(C(C)C)CC1.I. The number of rotatable bonds is 5. The third-order valence-electron chi connectivity index (χ3n) is 4.28. The molecule has 1 heterocycles. The lowest BCUT2D eigenvalue weighted by molar-refractivity contribution is 0.167. The standard InChI is InChI=1S/C18H29BrN4.HI/c1-4-20-18(21-13-15-5-7-16(19)8-6-15)22-17-9-11-23(12-10-17)14(2)3;/h5-8,14,17H,4,9-13H2,1-3H3,(H2,20,21,22);1H. The molecule has 0 saturated carbocycles.